The van der Waals surface area contributed by atoms with Crippen LogP contribution in [-0.2, 0) is 0 Å². The first-order valence-corrected chi connectivity index (χ1v) is 7.52. The van der Waals surface area contributed by atoms with Gasteiger partial charge in [0.15, 0.2) is 0 Å². The number of amides is 1. The molecule has 0 unspecified atom stereocenters. The van der Waals surface area contributed by atoms with Crippen LogP contribution < -0.4 is 10.6 Å². The third kappa shape index (κ3) is 4.47. The largest absolute Gasteiger partial charge is 0.369 e. The van der Waals surface area contributed by atoms with E-state index in [0.29, 0.717) is 23.5 Å². The van der Waals surface area contributed by atoms with E-state index in [1.807, 2.05) is 0 Å². The topological polar surface area (TPSA) is 66.9 Å². The van der Waals surface area contributed by atoms with Crippen LogP contribution in [-0.4, -0.2) is 28.5 Å². The van der Waals surface area contributed by atoms with E-state index in [-0.39, 0.29) is 5.91 Å². The van der Waals surface area contributed by atoms with E-state index in [4.69, 9.17) is 0 Å². The zero-order valence-corrected chi connectivity index (χ0v) is 12.4. The molecule has 1 aliphatic carbocycles. The summed E-state index contributed by atoms with van der Waals surface area (Å²) in [6.45, 7) is 5.11. The Morgan fingerprint density at radius 3 is 2.60 bits per heavy atom. The number of hydrogen-bond acceptors (Lipinski definition) is 4. The van der Waals surface area contributed by atoms with Crippen LogP contribution in [0, 0.1) is 5.92 Å². The van der Waals surface area contributed by atoms with Crippen molar-refractivity contribution in [2.24, 2.45) is 5.92 Å². The van der Waals surface area contributed by atoms with Crippen molar-refractivity contribution in [3.05, 3.63) is 18.1 Å². The molecule has 0 atom stereocenters. The standard InChI is InChI=1S/C15H24N4O/c1-11(2)8-17-14-10-16-13(9-18-14)15(20)19-12-6-4-3-5-7-12/h9-12H,3-8H2,1-2H3,(H,17,18)(H,19,20). The molecule has 2 rings (SSSR count). The SMILES string of the molecule is CC(C)CNc1cnc(C(=O)NC2CCCCC2)cn1. The summed E-state index contributed by atoms with van der Waals surface area (Å²) in [4.78, 5) is 20.5. The minimum Gasteiger partial charge on any atom is -0.369 e. The van der Waals surface area contributed by atoms with Gasteiger partial charge in [-0.05, 0) is 18.8 Å². The maximum Gasteiger partial charge on any atom is 0.271 e. The molecule has 0 spiro atoms. The van der Waals surface area contributed by atoms with Gasteiger partial charge in [-0.15, -0.1) is 0 Å². The minimum atomic E-state index is -0.111. The van der Waals surface area contributed by atoms with Crippen LogP contribution in [0.25, 0.3) is 0 Å². The molecule has 1 fully saturated rings. The highest BCUT2D eigenvalue weighted by atomic mass is 16.1. The maximum absolute atomic E-state index is 12.1. The predicted octanol–water partition coefficient (Wildman–Crippen LogP) is 2.61. The summed E-state index contributed by atoms with van der Waals surface area (Å²) in [6, 6.07) is 0.303. The molecule has 0 aromatic carbocycles. The number of hydrogen-bond donors (Lipinski definition) is 2. The maximum atomic E-state index is 12.1. The molecule has 1 aromatic rings. The van der Waals surface area contributed by atoms with Gasteiger partial charge in [-0.3, -0.25) is 4.79 Å². The average Bonchev–Trinajstić information content (AvgIpc) is 2.46. The third-order valence-electron chi connectivity index (χ3n) is 3.52. The number of nitrogens with zero attached hydrogens (tertiary/aromatic N) is 2. The molecule has 5 heteroatoms. The average molecular weight is 276 g/mol. The Hall–Kier alpha value is -1.65. The highest BCUT2D eigenvalue weighted by molar-refractivity contribution is 5.92. The van der Waals surface area contributed by atoms with Crippen molar-refractivity contribution in [3.8, 4) is 0 Å². The Balaban J connectivity index is 1.86. The second kappa shape index (κ2) is 7.22. The first-order chi connectivity index (χ1) is 9.65. The van der Waals surface area contributed by atoms with Gasteiger partial charge in [0.25, 0.3) is 5.91 Å². The van der Waals surface area contributed by atoms with Crippen molar-refractivity contribution in [2.75, 3.05) is 11.9 Å². The molecular weight excluding hydrogens is 252 g/mol. The van der Waals surface area contributed by atoms with E-state index in [2.05, 4.69) is 34.4 Å². The number of anilines is 1. The number of nitrogens with one attached hydrogen (secondary N) is 2. The molecule has 20 heavy (non-hydrogen) atoms. The van der Waals surface area contributed by atoms with Crippen molar-refractivity contribution >= 4 is 11.7 Å². The molecule has 5 nitrogen and oxygen atoms in total. The van der Waals surface area contributed by atoms with Crippen LogP contribution >= 0.6 is 0 Å². The normalized spacial score (nSPS) is 16.1. The van der Waals surface area contributed by atoms with Gasteiger partial charge in [0.1, 0.15) is 11.5 Å². The lowest BCUT2D eigenvalue weighted by Gasteiger charge is -2.22. The lowest BCUT2D eigenvalue weighted by atomic mass is 9.95. The van der Waals surface area contributed by atoms with Crippen molar-refractivity contribution in [1.29, 1.82) is 0 Å². The van der Waals surface area contributed by atoms with Crippen LogP contribution in [0.1, 0.15) is 56.4 Å². The summed E-state index contributed by atoms with van der Waals surface area (Å²) in [5.41, 5.74) is 0.394. The van der Waals surface area contributed by atoms with Crippen molar-refractivity contribution < 1.29 is 4.79 Å². The monoisotopic (exact) mass is 276 g/mol. The molecule has 0 aliphatic heterocycles. The second-order valence-corrected chi connectivity index (χ2v) is 5.87. The summed E-state index contributed by atoms with van der Waals surface area (Å²) in [6.07, 6.45) is 9.01. The lowest BCUT2D eigenvalue weighted by Crippen LogP contribution is -2.36. The van der Waals surface area contributed by atoms with E-state index in [1.165, 1.54) is 19.3 Å². The summed E-state index contributed by atoms with van der Waals surface area (Å²) in [7, 11) is 0. The molecule has 1 aromatic heterocycles. The van der Waals surface area contributed by atoms with Gasteiger partial charge in [0.2, 0.25) is 0 Å². The van der Waals surface area contributed by atoms with Gasteiger partial charge in [-0.25, -0.2) is 9.97 Å². The summed E-state index contributed by atoms with van der Waals surface area (Å²) in [5.74, 6) is 1.15. The van der Waals surface area contributed by atoms with Crippen molar-refractivity contribution in [1.82, 2.24) is 15.3 Å². The van der Waals surface area contributed by atoms with Gasteiger partial charge in [-0.1, -0.05) is 33.1 Å². The van der Waals surface area contributed by atoms with Gasteiger partial charge >= 0.3 is 0 Å². The minimum absolute atomic E-state index is 0.111. The third-order valence-corrected chi connectivity index (χ3v) is 3.52. The van der Waals surface area contributed by atoms with Crippen LogP contribution in [0.15, 0.2) is 12.4 Å². The van der Waals surface area contributed by atoms with Crippen LogP contribution in [0.3, 0.4) is 0 Å². The zero-order valence-electron chi connectivity index (χ0n) is 12.4. The van der Waals surface area contributed by atoms with Crippen LogP contribution in [0.5, 0.6) is 0 Å². The number of rotatable bonds is 5. The number of carbonyl (C=O) groups excluding carboxylic acids is 1. The molecule has 1 aliphatic rings. The fourth-order valence-electron chi connectivity index (χ4n) is 2.35. The van der Waals surface area contributed by atoms with Gasteiger partial charge in [-0.2, -0.15) is 0 Å². The molecular formula is C15H24N4O. The molecule has 0 saturated heterocycles. The first-order valence-electron chi connectivity index (χ1n) is 7.52. The van der Waals surface area contributed by atoms with E-state index in [1.54, 1.807) is 12.4 Å². The molecule has 1 heterocycles. The van der Waals surface area contributed by atoms with E-state index in [9.17, 15) is 4.79 Å². The highest BCUT2D eigenvalue weighted by Gasteiger charge is 2.17. The fourth-order valence-corrected chi connectivity index (χ4v) is 2.35. The highest BCUT2D eigenvalue weighted by Crippen LogP contribution is 2.17. The van der Waals surface area contributed by atoms with Crippen LogP contribution in [0.2, 0.25) is 0 Å². The molecule has 1 amide bonds. The van der Waals surface area contributed by atoms with Gasteiger partial charge in [0.05, 0.1) is 12.4 Å². The molecule has 2 N–H and O–H groups in total. The summed E-state index contributed by atoms with van der Waals surface area (Å²) >= 11 is 0. The first kappa shape index (κ1) is 14.8. The van der Waals surface area contributed by atoms with Crippen molar-refractivity contribution in [2.45, 2.75) is 52.0 Å². The summed E-state index contributed by atoms with van der Waals surface area (Å²) in [5, 5.41) is 6.23. The predicted molar refractivity (Wildman–Crippen MR) is 79.7 cm³/mol. The summed E-state index contributed by atoms with van der Waals surface area (Å²) < 4.78 is 0. The van der Waals surface area contributed by atoms with E-state index >= 15 is 0 Å². The Morgan fingerprint density at radius 1 is 1.25 bits per heavy atom. The number of aromatic nitrogens is 2. The van der Waals surface area contributed by atoms with E-state index in [0.717, 1.165) is 19.4 Å². The Bertz CT molecular complexity index is 424. The smallest absolute Gasteiger partial charge is 0.271 e. The zero-order chi connectivity index (χ0) is 14.4. The Labute approximate surface area is 120 Å². The van der Waals surface area contributed by atoms with Crippen molar-refractivity contribution in [3.63, 3.8) is 0 Å². The van der Waals surface area contributed by atoms with Gasteiger partial charge < -0.3 is 10.6 Å². The fraction of sp³-hybridized carbons (Fsp3) is 0.667. The van der Waals surface area contributed by atoms with Gasteiger partial charge in [0, 0.05) is 12.6 Å². The lowest BCUT2D eigenvalue weighted by molar-refractivity contribution is 0.0922. The Kier molecular flexibility index (Phi) is 5.32. The molecule has 0 bridgehead atoms. The van der Waals surface area contributed by atoms with E-state index < -0.39 is 0 Å². The number of carbonyl (C=O) groups is 1. The molecule has 0 radical (unpaired) electrons. The Morgan fingerprint density at radius 2 is 2.00 bits per heavy atom. The quantitative estimate of drug-likeness (QED) is 0.867. The second-order valence-electron chi connectivity index (χ2n) is 5.87. The molecule has 1 saturated carbocycles. The van der Waals surface area contributed by atoms with Crippen LogP contribution in [0.4, 0.5) is 5.82 Å². The molecule has 110 valence electrons.